The number of benzene rings is 1. The number of para-hydroxylation sites is 1. The van der Waals surface area contributed by atoms with Gasteiger partial charge in [0.25, 0.3) is 5.69 Å². The molecule has 5 heteroatoms. The molecule has 0 aromatic heterocycles. The first-order chi connectivity index (χ1) is 8.68. The van der Waals surface area contributed by atoms with Gasteiger partial charge in [-0.05, 0) is 19.3 Å². The van der Waals surface area contributed by atoms with Crippen LogP contribution in [0.25, 0.3) is 0 Å². The highest BCUT2D eigenvalue weighted by atomic mass is 16.6. The molecule has 0 amide bonds. The highest BCUT2D eigenvalue weighted by Crippen LogP contribution is 2.20. The van der Waals surface area contributed by atoms with Crippen LogP contribution < -0.4 is 5.32 Å². The number of nitro groups is 1. The van der Waals surface area contributed by atoms with Crippen LogP contribution >= 0.6 is 0 Å². The first-order valence-corrected chi connectivity index (χ1v) is 6.22. The number of ether oxygens (including phenoxy) is 1. The second kappa shape index (κ2) is 5.93. The summed E-state index contributed by atoms with van der Waals surface area (Å²) in [4.78, 5) is 10.5. The van der Waals surface area contributed by atoms with Gasteiger partial charge in [0.2, 0.25) is 0 Å². The van der Waals surface area contributed by atoms with Gasteiger partial charge >= 0.3 is 0 Å². The molecule has 1 aromatic rings. The van der Waals surface area contributed by atoms with E-state index in [1.807, 2.05) is 6.07 Å². The minimum Gasteiger partial charge on any atom is -0.381 e. The molecule has 1 aromatic carbocycles. The quantitative estimate of drug-likeness (QED) is 0.642. The molecule has 98 valence electrons. The van der Waals surface area contributed by atoms with Crippen LogP contribution in [0.15, 0.2) is 24.3 Å². The van der Waals surface area contributed by atoms with E-state index in [-0.39, 0.29) is 10.6 Å². The molecule has 1 N–H and O–H groups in total. The summed E-state index contributed by atoms with van der Waals surface area (Å²) >= 11 is 0. The Morgan fingerprint density at radius 2 is 2.33 bits per heavy atom. The van der Waals surface area contributed by atoms with Crippen molar-refractivity contribution in [2.24, 2.45) is 5.92 Å². The topological polar surface area (TPSA) is 64.4 Å². The monoisotopic (exact) mass is 250 g/mol. The predicted molar refractivity (Wildman–Crippen MR) is 68.3 cm³/mol. The van der Waals surface area contributed by atoms with Crippen molar-refractivity contribution in [3.05, 3.63) is 39.9 Å². The van der Waals surface area contributed by atoms with Gasteiger partial charge in [-0.15, -0.1) is 0 Å². The summed E-state index contributed by atoms with van der Waals surface area (Å²) in [6.45, 7) is 4.23. The third kappa shape index (κ3) is 3.05. The largest absolute Gasteiger partial charge is 0.381 e. The summed E-state index contributed by atoms with van der Waals surface area (Å²) in [5.74, 6) is 0.507. The minimum absolute atomic E-state index is 0.180. The van der Waals surface area contributed by atoms with E-state index in [1.54, 1.807) is 18.2 Å². The molecule has 1 fully saturated rings. The Hall–Kier alpha value is -1.46. The van der Waals surface area contributed by atoms with Crippen molar-refractivity contribution in [1.29, 1.82) is 0 Å². The fourth-order valence-electron chi connectivity index (χ4n) is 2.22. The molecule has 0 saturated carbocycles. The van der Waals surface area contributed by atoms with Gasteiger partial charge in [0, 0.05) is 30.8 Å². The lowest BCUT2D eigenvalue weighted by Gasteiger charge is -2.19. The van der Waals surface area contributed by atoms with Crippen LogP contribution in [-0.2, 0) is 11.3 Å². The standard InChI is InChI=1S/C13H18N2O3/c1-10(12-6-7-18-9-12)14-8-11-4-2-3-5-13(11)15(16)17/h2-5,10,12,14H,6-9H2,1H3. The Kier molecular flexibility index (Phi) is 4.28. The van der Waals surface area contributed by atoms with Gasteiger partial charge in [-0.2, -0.15) is 0 Å². The fraction of sp³-hybridized carbons (Fsp3) is 0.538. The summed E-state index contributed by atoms with van der Waals surface area (Å²) < 4.78 is 5.34. The lowest BCUT2D eigenvalue weighted by atomic mass is 10.0. The van der Waals surface area contributed by atoms with E-state index in [0.29, 0.717) is 18.5 Å². The summed E-state index contributed by atoms with van der Waals surface area (Å²) in [5, 5.41) is 14.2. The van der Waals surface area contributed by atoms with Gasteiger partial charge in [0.1, 0.15) is 0 Å². The van der Waals surface area contributed by atoms with E-state index in [9.17, 15) is 10.1 Å². The number of nitrogens with one attached hydrogen (secondary N) is 1. The number of hydrogen-bond donors (Lipinski definition) is 1. The zero-order valence-corrected chi connectivity index (χ0v) is 10.5. The highest BCUT2D eigenvalue weighted by molar-refractivity contribution is 5.39. The maximum absolute atomic E-state index is 10.9. The average molecular weight is 250 g/mol. The maximum Gasteiger partial charge on any atom is 0.273 e. The van der Waals surface area contributed by atoms with Crippen LogP contribution in [-0.4, -0.2) is 24.2 Å². The molecule has 2 rings (SSSR count). The van der Waals surface area contributed by atoms with Crippen molar-refractivity contribution >= 4 is 5.69 Å². The molecule has 5 nitrogen and oxygen atoms in total. The number of nitrogens with zero attached hydrogens (tertiary/aromatic N) is 1. The lowest BCUT2D eigenvalue weighted by molar-refractivity contribution is -0.385. The molecule has 0 bridgehead atoms. The fourth-order valence-corrected chi connectivity index (χ4v) is 2.22. The summed E-state index contributed by atoms with van der Waals surface area (Å²) in [6.07, 6.45) is 1.06. The molecule has 1 heterocycles. The van der Waals surface area contributed by atoms with Crippen molar-refractivity contribution in [3.8, 4) is 0 Å². The molecule has 2 unspecified atom stereocenters. The molecule has 18 heavy (non-hydrogen) atoms. The molecule has 1 aliphatic heterocycles. The molecule has 1 saturated heterocycles. The van der Waals surface area contributed by atoms with E-state index in [2.05, 4.69) is 12.2 Å². The van der Waals surface area contributed by atoms with Gasteiger partial charge in [0.15, 0.2) is 0 Å². The molecular weight excluding hydrogens is 232 g/mol. The first-order valence-electron chi connectivity index (χ1n) is 6.22. The Bertz CT molecular complexity index is 416. The molecule has 2 atom stereocenters. The van der Waals surface area contributed by atoms with Crippen molar-refractivity contribution in [1.82, 2.24) is 5.32 Å². The normalized spacial score (nSPS) is 20.8. The third-order valence-corrected chi connectivity index (χ3v) is 3.47. The lowest BCUT2D eigenvalue weighted by Crippen LogP contribution is -2.33. The molecule has 0 aliphatic carbocycles. The van der Waals surface area contributed by atoms with Crippen molar-refractivity contribution in [2.45, 2.75) is 25.9 Å². The Morgan fingerprint density at radius 3 is 3.00 bits per heavy atom. The van der Waals surface area contributed by atoms with Crippen LogP contribution in [0.2, 0.25) is 0 Å². The van der Waals surface area contributed by atoms with Crippen molar-refractivity contribution in [2.75, 3.05) is 13.2 Å². The van der Waals surface area contributed by atoms with Gasteiger partial charge < -0.3 is 10.1 Å². The average Bonchev–Trinajstić information content (AvgIpc) is 2.90. The minimum atomic E-state index is -0.333. The Balaban J connectivity index is 1.95. The van der Waals surface area contributed by atoms with E-state index in [4.69, 9.17) is 4.74 Å². The van der Waals surface area contributed by atoms with Gasteiger partial charge in [-0.25, -0.2) is 0 Å². The smallest absolute Gasteiger partial charge is 0.273 e. The molecular formula is C13H18N2O3. The van der Waals surface area contributed by atoms with Crippen molar-refractivity contribution < 1.29 is 9.66 Å². The SMILES string of the molecule is CC(NCc1ccccc1[N+](=O)[O-])C1CCOC1. The third-order valence-electron chi connectivity index (χ3n) is 3.47. The summed E-state index contributed by atoms with van der Waals surface area (Å²) in [7, 11) is 0. The molecule has 0 radical (unpaired) electrons. The molecule has 1 aliphatic rings. The van der Waals surface area contributed by atoms with Gasteiger partial charge in [-0.1, -0.05) is 18.2 Å². The van der Waals surface area contributed by atoms with Crippen molar-refractivity contribution in [3.63, 3.8) is 0 Å². The summed E-state index contributed by atoms with van der Waals surface area (Å²) in [6, 6.07) is 7.17. The van der Waals surface area contributed by atoms with Crippen LogP contribution in [0.4, 0.5) is 5.69 Å². The van der Waals surface area contributed by atoms with E-state index in [0.717, 1.165) is 25.2 Å². The van der Waals surface area contributed by atoms with Crippen LogP contribution in [0, 0.1) is 16.0 Å². The van der Waals surface area contributed by atoms with Crippen LogP contribution in [0.3, 0.4) is 0 Å². The number of rotatable bonds is 5. The highest BCUT2D eigenvalue weighted by Gasteiger charge is 2.22. The zero-order valence-electron chi connectivity index (χ0n) is 10.5. The van der Waals surface area contributed by atoms with E-state index >= 15 is 0 Å². The zero-order chi connectivity index (χ0) is 13.0. The second-order valence-corrected chi connectivity index (χ2v) is 4.68. The maximum atomic E-state index is 10.9. The van der Waals surface area contributed by atoms with Gasteiger partial charge in [-0.3, -0.25) is 10.1 Å². The predicted octanol–water partition coefficient (Wildman–Crippen LogP) is 2.11. The van der Waals surface area contributed by atoms with Gasteiger partial charge in [0.05, 0.1) is 11.5 Å². The Morgan fingerprint density at radius 1 is 1.56 bits per heavy atom. The van der Waals surface area contributed by atoms with E-state index < -0.39 is 0 Å². The number of hydrogen-bond acceptors (Lipinski definition) is 4. The van der Waals surface area contributed by atoms with E-state index in [1.165, 1.54) is 0 Å². The second-order valence-electron chi connectivity index (χ2n) is 4.68. The molecule has 0 spiro atoms. The van der Waals surface area contributed by atoms with Crippen LogP contribution in [0.5, 0.6) is 0 Å². The number of nitro benzene ring substituents is 1. The first kappa shape index (κ1) is 13.0. The summed E-state index contributed by atoms with van der Waals surface area (Å²) in [5.41, 5.74) is 0.910. The Labute approximate surface area is 106 Å². The van der Waals surface area contributed by atoms with Crippen LogP contribution in [0.1, 0.15) is 18.9 Å².